The van der Waals surface area contributed by atoms with Gasteiger partial charge in [0.05, 0.1) is 12.7 Å². The minimum Gasteiger partial charge on any atom is -0.488 e. The molecule has 4 N–H and O–H groups in total. The number of benzene rings is 2. The molecular weight excluding hydrogens is 434 g/mol. The number of rotatable bonds is 6. The molecule has 1 saturated heterocycles. The second kappa shape index (κ2) is 9.77. The Hall–Kier alpha value is -1.81. The smallest absolute Gasteiger partial charge is 0.200 e. The van der Waals surface area contributed by atoms with E-state index in [1.165, 1.54) is 18.2 Å². The fraction of sp³-hybridized carbons (Fsp3) is 0.455. The third-order valence-electron chi connectivity index (χ3n) is 5.16. The minimum atomic E-state index is -1.53. The maximum absolute atomic E-state index is 14.6. The summed E-state index contributed by atoms with van der Waals surface area (Å²) in [6.45, 7) is 2.85. The Labute approximate surface area is 183 Å². The zero-order chi connectivity index (χ0) is 22.9. The van der Waals surface area contributed by atoms with Crippen molar-refractivity contribution in [2.24, 2.45) is 0 Å². The number of halogens is 3. The molecular formula is C22H25ClF2O6. The molecule has 0 aromatic heterocycles. The molecule has 1 aliphatic rings. The molecule has 2 aromatic rings. The summed E-state index contributed by atoms with van der Waals surface area (Å²) in [6, 6.07) is 7.37. The van der Waals surface area contributed by atoms with Gasteiger partial charge in [0.1, 0.15) is 30.5 Å². The van der Waals surface area contributed by atoms with E-state index in [1.54, 1.807) is 26.0 Å². The van der Waals surface area contributed by atoms with Gasteiger partial charge in [-0.3, -0.25) is 0 Å². The monoisotopic (exact) mass is 458 g/mol. The summed E-state index contributed by atoms with van der Waals surface area (Å²) >= 11 is 6.25. The van der Waals surface area contributed by atoms with Crippen LogP contribution in [0.15, 0.2) is 30.3 Å². The van der Waals surface area contributed by atoms with Crippen molar-refractivity contribution >= 4 is 11.6 Å². The van der Waals surface area contributed by atoms with Crippen molar-refractivity contribution in [1.82, 2.24) is 0 Å². The molecule has 6 nitrogen and oxygen atoms in total. The van der Waals surface area contributed by atoms with E-state index >= 15 is 0 Å². The Morgan fingerprint density at radius 3 is 2.35 bits per heavy atom. The molecule has 0 saturated carbocycles. The van der Waals surface area contributed by atoms with Gasteiger partial charge in [-0.1, -0.05) is 29.8 Å². The molecule has 1 fully saturated rings. The zero-order valence-corrected chi connectivity index (χ0v) is 17.8. The van der Waals surface area contributed by atoms with Gasteiger partial charge >= 0.3 is 0 Å². The van der Waals surface area contributed by atoms with Crippen molar-refractivity contribution in [1.29, 1.82) is 0 Å². The highest BCUT2D eigenvalue weighted by Crippen LogP contribution is 2.35. The van der Waals surface area contributed by atoms with Gasteiger partial charge in [-0.2, -0.15) is 4.39 Å². The van der Waals surface area contributed by atoms with Crippen LogP contribution in [0.5, 0.6) is 5.75 Å². The van der Waals surface area contributed by atoms with Crippen molar-refractivity contribution in [2.45, 2.75) is 56.9 Å². The van der Waals surface area contributed by atoms with Gasteiger partial charge < -0.3 is 29.9 Å². The Bertz CT molecular complexity index is 923. The van der Waals surface area contributed by atoms with Crippen molar-refractivity contribution < 1.29 is 38.7 Å². The van der Waals surface area contributed by atoms with Crippen LogP contribution in [0.1, 0.15) is 36.6 Å². The fourth-order valence-corrected chi connectivity index (χ4v) is 3.73. The molecule has 5 atom stereocenters. The molecule has 0 spiro atoms. The summed E-state index contributed by atoms with van der Waals surface area (Å²) < 4.78 is 39.7. The molecule has 1 heterocycles. The van der Waals surface area contributed by atoms with E-state index in [1.807, 2.05) is 0 Å². The molecule has 0 amide bonds. The first-order valence-electron chi connectivity index (χ1n) is 9.86. The first-order valence-corrected chi connectivity index (χ1v) is 10.2. The summed E-state index contributed by atoms with van der Waals surface area (Å²) in [5, 5.41) is 40.0. The lowest BCUT2D eigenvalue weighted by molar-refractivity contribution is -0.231. The van der Waals surface area contributed by atoms with E-state index in [-0.39, 0.29) is 28.9 Å². The number of ether oxygens (including phenoxy) is 2. The van der Waals surface area contributed by atoms with E-state index in [0.717, 1.165) is 0 Å². The molecule has 1 aliphatic heterocycles. The van der Waals surface area contributed by atoms with Gasteiger partial charge in [-0.15, -0.1) is 0 Å². The third-order valence-corrected chi connectivity index (χ3v) is 5.53. The number of aliphatic hydroxyl groups excluding tert-OH is 4. The molecule has 0 aliphatic carbocycles. The normalized spacial score (nSPS) is 26.3. The molecule has 0 bridgehead atoms. The highest BCUT2D eigenvalue weighted by molar-refractivity contribution is 6.31. The molecule has 31 heavy (non-hydrogen) atoms. The van der Waals surface area contributed by atoms with Crippen LogP contribution in [0.25, 0.3) is 0 Å². The lowest BCUT2D eigenvalue weighted by Gasteiger charge is -2.40. The fourth-order valence-electron chi connectivity index (χ4n) is 3.54. The minimum absolute atomic E-state index is 0.0468. The van der Waals surface area contributed by atoms with Crippen LogP contribution in [-0.2, 0) is 11.2 Å². The Balaban J connectivity index is 1.89. The van der Waals surface area contributed by atoms with Crippen molar-refractivity contribution in [2.75, 3.05) is 6.61 Å². The van der Waals surface area contributed by atoms with Crippen LogP contribution in [0.3, 0.4) is 0 Å². The zero-order valence-electron chi connectivity index (χ0n) is 17.0. The van der Waals surface area contributed by atoms with Gasteiger partial charge in [-0.25, -0.2) is 4.39 Å². The summed E-state index contributed by atoms with van der Waals surface area (Å²) in [5.41, 5.74) is 0.894. The molecule has 0 unspecified atom stereocenters. The van der Waals surface area contributed by atoms with Crippen LogP contribution in [0, 0.1) is 11.6 Å². The molecule has 170 valence electrons. The van der Waals surface area contributed by atoms with Crippen molar-refractivity contribution in [3.8, 4) is 5.75 Å². The molecule has 0 radical (unpaired) electrons. The lowest BCUT2D eigenvalue weighted by atomic mass is 9.90. The quantitative estimate of drug-likeness (QED) is 0.531. The molecule has 9 heteroatoms. The second-order valence-electron chi connectivity index (χ2n) is 7.79. The summed E-state index contributed by atoms with van der Waals surface area (Å²) in [6.07, 6.45) is -6.97. The van der Waals surface area contributed by atoms with E-state index in [9.17, 15) is 29.2 Å². The van der Waals surface area contributed by atoms with E-state index in [2.05, 4.69) is 0 Å². The van der Waals surface area contributed by atoms with Crippen LogP contribution in [0.2, 0.25) is 5.02 Å². The van der Waals surface area contributed by atoms with Gasteiger partial charge in [0.2, 0.25) is 5.82 Å². The Morgan fingerprint density at radius 1 is 1.00 bits per heavy atom. The average Bonchev–Trinajstić information content (AvgIpc) is 2.73. The molecule has 3 rings (SSSR count). The summed E-state index contributed by atoms with van der Waals surface area (Å²) in [5.74, 6) is -2.32. The third kappa shape index (κ3) is 5.00. The van der Waals surface area contributed by atoms with Gasteiger partial charge in [0.15, 0.2) is 11.6 Å². The highest BCUT2D eigenvalue weighted by Gasteiger charge is 2.44. The van der Waals surface area contributed by atoms with Crippen LogP contribution < -0.4 is 4.74 Å². The maximum Gasteiger partial charge on any atom is 0.200 e. The maximum atomic E-state index is 14.6. The Kier molecular flexibility index (Phi) is 7.51. The van der Waals surface area contributed by atoms with Crippen LogP contribution >= 0.6 is 11.6 Å². The number of aliphatic hydroxyl groups is 4. The first kappa shape index (κ1) is 23.8. The largest absolute Gasteiger partial charge is 0.488 e. The van der Waals surface area contributed by atoms with Gasteiger partial charge in [0.25, 0.3) is 0 Å². The SMILES string of the molecule is CC(C)Oc1ccc(Cc2cc([C@@H]3O[C@H](CO)[C@@H](O)[C@H](O)[C@H]3O)ccc2Cl)c(F)c1F. The highest BCUT2D eigenvalue weighted by atomic mass is 35.5. The Morgan fingerprint density at radius 2 is 1.71 bits per heavy atom. The topological polar surface area (TPSA) is 99.4 Å². The summed E-state index contributed by atoms with van der Waals surface area (Å²) in [7, 11) is 0. The van der Waals surface area contributed by atoms with Crippen molar-refractivity contribution in [3.05, 3.63) is 63.7 Å². The van der Waals surface area contributed by atoms with Crippen LogP contribution in [-0.4, -0.2) is 57.6 Å². The average molecular weight is 459 g/mol. The standard InChI is InChI=1S/C22H25ClF2O6/c1-10(2)30-15-6-4-11(17(24)18(15)25)7-13-8-12(3-5-14(13)23)22-21(29)20(28)19(27)16(9-26)31-22/h3-6,8,10,16,19-22,26-29H,7,9H2,1-2H3/t16-,19-,20+,21-,22+/m1/s1. The second-order valence-corrected chi connectivity index (χ2v) is 8.20. The van der Waals surface area contributed by atoms with Crippen molar-refractivity contribution in [3.63, 3.8) is 0 Å². The van der Waals surface area contributed by atoms with E-state index in [4.69, 9.17) is 21.1 Å². The molecule has 2 aromatic carbocycles. The first-order chi connectivity index (χ1) is 14.6. The predicted octanol–water partition coefficient (Wildman–Crippen LogP) is 2.51. The van der Waals surface area contributed by atoms with Crippen LogP contribution in [0.4, 0.5) is 8.78 Å². The number of hydrogen-bond donors (Lipinski definition) is 4. The number of hydrogen-bond acceptors (Lipinski definition) is 6. The van der Waals surface area contributed by atoms with E-state index in [0.29, 0.717) is 11.1 Å². The predicted molar refractivity (Wildman–Crippen MR) is 109 cm³/mol. The summed E-state index contributed by atoms with van der Waals surface area (Å²) in [4.78, 5) is 0. The van der Waals surface area contributed by atoms with Gasteiger partial charge in [0, 0.05) is 11.4 Å². The lowest BCUT2D eigenvalue weighted by Crippen LogP contribution is -2.55. The van der Waals surface area contributed by atoms with E-state index < -0.39 is 48.8 Å². The van der Waals surface area contributed by atoms with Gasteiger partial charge in [-0.05, 0) is 42.7 Å².